The Bertz CT molecular complexity index is 659. The van der Waals surface area contributed by atoms with Crippen LogP contribution < -0.4 is 5.56 Å². The van der Waals surface area contributed by atoms with Gasteiger partial charge in [0.05, 0.1) is 5.69 Å². The molecule has 1 aromatic heterocycles. The number of nitrogens with one attached hydrogen (secondary N) is 1. The van der Waals surface area contributed by atoms with E-state index in [4.69, 9.17) is 11.6 Å². The standard InChI is InChI=1S/C14H12ClFN2O/c15-10-2-1-3-11(16)9(10)6-13-17-12(8-4-5-8)7-14(19)18-13/h1-3,7-8H,4-6H2,(H,17,18,19). The van der Waals surface area contributed by atoms with Gasteiger partial charge in [0.15, 0.2) is 0 Å². The Morgan fingerprint density at radius 1 is 1.42 bits per heavy atom. The minimum Gasteiger partial charge on any atom is -0.310 e. The molecule has 3 rings (SSSR count). The first-order valence-electron chi connectivity index (χ1n) is 6.16. The molecule has 1 aliphatic carbocycles. The first kappa shape index (κ1) is 12.4. The average molecular weight is 279 g/mol. The van der Waals surface area contributed by atoms with Gasteiger partial charge in [-0.2, -0.15) is 0 Å². The molecule has 0 radical (unpaired) electrons. The molecule has 0 bridgehead atoms. The van der Waals surface area contributed by atoms with Crippen molar-refractivity contribution >= 4 is 11.6 Å². The highest BCUT2D eigenvalue weighted by Gasteiger charge is 2.25. The van der Waals surface area contributed by atoms with Crippen LogP contribution in [0.2, 0.25) is 5.02 Å². The number of hydrogen-bond acceptors (Lipinski definition) is 2. The molecule has 1 fully saturated rings. The third-order valence-electron chi connectivity index (χ3n) is 3.21. The van der Waals surface area contributed by atoms with Gasteiger partial charge in [-0.25, -0.2) is 9.37 Å². The lowest BCUT2D eigenvalue weighted by molar-refractivity contribution is 0.611. The quantitative estimate of drug-likeness (QED) is 0.938. The summed E-state index contributed by atoms with van der Waals surface area (Å²) in [5.41, 5.74) is 0.964. The molecule has 1 aliphatic rings. The predicted molar refractivity (Wildman–Crippen MR) is 71.0 cm³/mol. The highest BCUT2D eigenvalue weighted by atomic mass is 35.5. The molecule has 19 heavy (non-hydrogen) atoms. The van der Waals surface area contributed by atoms with Crippen molar-refractivity contribution in [3.63, 3.8) is 0 Å². The van der Waals surface area contributed by atoms with E-state index in [1.54, 1.807) is 12.1 Å². The minimum atomic E-state index is -0.382. The van der Waals surface area contributed by atoms with E-state index in [1.807, 2.05) is 0 Å². The zero-order chi connectivity index (χ0) is 13.4. The summed E-state index contributed by atoms with van der Waals surface area (Å²) >= 11 is 5.97. The van der Waals surface area contributed by atoms with Gasteiger partial charge >= 0.3 is 0 Å². The van der Waals surface area contributed by atoms with Gasteiger partial charge < -0.3 is 4.98 Å². The SMILES string of the molecule is O=c1cc(C2CC2)nc(Cc2c(F)cccc2Cl)[nH]1. The lowest BCUT2D eigenvalue weighted by atomic mass is 10.1. The summed E-state index contributed by atoms with van der Waals surface area (Å²) in [5.74, 6) is 0.463. The maximum atomic E-state index is 13.7. The molecular formula is C14H12ClFN2O. The van der Waals surface area contributed by atoms with Gasteiger partial charge in [0.25, 0.3) is 5.56 Å². The molecule has 0 atom stereocenters. The third-order valence-corrected chi connectivity index (χ3v) is 3.57. The smallest absolute Gasteiger partial charge is 0.251 e. The van der Waals surface area contributed by atoms with Crippen molar-refractivity contribution < 1.29 is 4.39 Å². The van der Waals surface area contributed by atoms with Crippen molar-refractivity contribution in [2.75, 3.05) is 0 Å². The molecule has 1 heterocycles. The molecular weight excluding hydrogens is 267 g/mol. The number of rotatable bonds is 3. The van der Waals surface area contributed by atoms with E-state index in [2.05, 4.69) is 9.97 Å². The van der Waals surface area contributed by atoms with E-state index in [0.29, 0.717) is 22.3 Å². The summed E-state index contributed by atoms with van der Waals surface area (Å²) in [7, 11) is 0. The molecule has 1 N–H and O–H groups in total. The summed E-state index contributed by atoms with van der Waals surface area (Å²) in [6.07, 6.45) is 2.33. The topological polar surface area (TPSA) is 45.8 Å². The second-order valence-electron chi connectivity index (χ2n) is 4.77. The van der Waals surface area contributed by atoms with Crippen LogP contribution in [0.25, 0.3) is 0 Å². The molecule has 1 saturated carbocycles. The number of nitrogens with zero attached hydrogens (tertiary/aromatic N) is 1. The Morgan fingerprint density at radius 2 is 2.21 bits per heavy atom. The molecule has 2 aromatic rings. The average Bonchev–Trinajstić information content (AvgIpc) is 3.17. The van der Waals surface area contributed by atoms with E-state index >= 15 is 0 Å². The fourth-order valence-electron chi connectivity index (χ4n) is 2.07. The molecule has 0 unspecified atom stereocenters. The summed E-state index contributed by atoms with van der Waals surface area (Å²) in [6.45, 7) is 0. The highest BCUT2D eigenvalue weighted by molar-refractivity contribution is 6.31. The summed E-state index contributed by atoms with van der Waals surface area (Å²) < 4.78 is 13.7. The van der Waals surface area contributed by atoms with Crippen molar-refractivity contribution in [1.29, 1.82) is 0 Å². The fourth-order valence-corrected chi connectivity index (χ4v) is 2.30. The summed E-state index contributed by atoms with van der Waals surface area (Å²) in [6, 6.07) is 6.05. The van der Waals surface area contributed by atoms with Crippen LogP contribution in [0.4, 0.5) is 4.39 Å². The maximum absolute atomic E-state index is 13.7. The number of H-pyrrole nitrogens is 1. The summed E-state index contributed by atoms with van der Waals surface area (Å²) in [4.78, 5) is 18.6. The molecule has 0 spiro atoms. The molecule has 3 nitrogen and oxygen atoms in total. The Hall–Kier alpha value is -1.68. The Balaban J connectivity index is 1.97. The number of aromatic amines is 1. The van der Waals surface area contributed by atoms with Crippen LogP contribution >= 0.6 is 11.6 Å². The van der Waals surface area contributed by atoms with Crippen molar-refractivity contribution in [3.8, 4) is 0 Å². The minimum absolute atomic E-state index is 0.195. The van der Waals surface area contributed by atoms with Gasteiger partial charge in [0, 0.05) is 29.0 Å². The normalized spacial score (nSPS) is 14.6. The van der Waals surface area contributed by atoms with Crippen molar-refractivity contribution in [2.45, 2.75) is 25.2 Å². The number of halogens is 2. The van der Waals surface area contributed by atoms with Crippen LogP contribution in [0.3, 0.4) is 0 Å². The lowest BCUT2D eigenvalue weighted by Crippen LogP contribution is -2.13. The monoisotopic (exact) mass is 278 g/mol. The van der Waals surface area contributed by atoms with Crippen LogP contribution in [0, 0.1) is 5.82 Å². The molecule has 5 heteroatoms. The first-order valence-corrected chi connectivity index (χ1v) is 6.54. The number of hydrogen-bond donors (Lipinski definition) is 1. The maximum Gasteiger partial charge on any atom is 0.251 e. The van der Waals surface area contributed by atoms with Crippen molar-refractivity contribution in [1.82, 2.24) is 9.97 Å². The molecule has 1 aromatic carbocycles. The largest absolute Gasteiger partial charge is 0.310 e. The second-order valence-corrected chi connectivity index (χ2v) is 5.18. The third kappa shape index (κ3) is 2.68. The molecule has 0 amide bonds. The molecule has 0 saturated heterocycles. The van der Waals surface area contributed by atoms with E-state index < -0.39 is 0 Å². The Morgan fingerprint density at radius 3 is 2.89 bits per heavy atom. The Labute approximate surface area is 114 Å². The molecule has 98 valence electrons. The van der Waals surface area contributed by atoms with Gasteiger partial charge in [-0.05, 0) is 25.0 Å². The van der Waals surface area contributed by atoms with Gasteiger partial charge in [0.2, 0.25) is 0 Å². The number of aromatic nitrogens is 2. The first-order chi connectivity index (χ1) is 9.13. The van der Waals surface area contributed by atoms with Crippen molar-refractivity contribution in [3.05, 3.63) is 62.5 Å². The highest BCUT2D eigenvalue weighted by Crippen LogP contribution is 2.38. The van der Waals surface area contributed by atoms with E-state index in [9.17, 15) is 9.18 Å². The zero-order valence-electron chi connectivity index (χ0n) is 10.1. The van der Waals surface area contributed by atoms with Crippen LogP contribution in [0.1, 0.15) is 35.8 Å². The summed E-state index contributed by atoms with van der Waals surface area (Å²) in [5, 5.41) is 0.347. The van der Waals surface area contributed by atoms with Gasteiger partial charge in [-0.3, -0.25) is 4.79 Å². The van der Waals surface area contributed by atoms with Crippen molar-refractivity contribution in [2.24, 2.45) is 0 Å². The van der Waals surface area contributed by atoms with Gasteiger partial charge in [-0.1, -0.05) is 17.7 Å². The Kier molecular flexibility index (Phi) is 3.11. The number of benzene rings is 1. The lowest BCUT2D eigenvalue weighted by Gasteiger charge is -2.06. The van der Waals surface area contributed by atoms with Crippen LogP contribution in [0.15, 0.2) is 29.1 Å². The van der Waals surface area contributed by atoms with Crippen LogP contribution in [0.5, 0.6) is 0 Å². The van der Waals surface area contributed by atoms with Gasteiger partial charge in [-0.15, -0.1) is 0 Å². The van der Waals surface area contributed by atoms with E-state index in [0.717, 1.165) is 18.5 Å². The fraction of sp³-hybridized carbons (Fsp3) is 0.286. The van der Waals surface area contributed by atoms with Crippen LogP contribution in [-0.4, -0.2) is 9.97 Å². The molecule has 0 aliphatic heterocycles. The predicted octanol–water partition coefficient (Wildman–Crippen LogP) is 3.03. The van der Waals surface area contributed by atoms with Gasteiger partial charge in [0.1, 0.15) is 11.6 Å². The van der Waals surface area contributed by atoms with E-state index in [-0.39, 0.29) is 17.8 Å². The zero-order valence-corrected chi connectivity index (χ0v) is 10.9. The van der Waals surface area contributed by atoms with Crippen LogP contribution in [-0.2, 0) is 6.42 Å². The van der Waals surface area contributed by atoms with E-state index in [1.165, 1.54) is 12.1 Å². The second kappa shape index (κ2) is 4.78.